The predicted octanol–water partition coefficient (Wildman–Crippen LogP) is 9.33. The fraction of sp³-hybridized carbons (Fsp3) is 0.0645. The van der Waals surface area contributed by atoms with E-state index >= 15 is 0 Å². The molecule has 2 aromatic heterocycles. The van der Waals surface area contributed by atoms with Crippen LogP contribution in [-0.2, 0) is 6.61 Å². The number of nitrogens with zero attached hydrogens (tertiary/aromatic N) is 3. The van der Waals surface area contributed by atoms with Gasteiger partial charge in [0.1, 0.15) is 23.7 Å². The van der Waals surface area contributed by atoms with Crippen LogP contribution in [0.3, 0.4) is 0 Å². The van der Waals surface area contributed by atoms with Gasteiger partial charge in [0.15, 0.2) is 5.76 Å². The Morgan fingerprint density at radius 1 is 0.905 bits per heavy atom. The van der Waals surface area contributed by atoms with Gasteiger partial charge < -0.3 is 13.9 Å². The third-order valence-corrected chi connectivity index (χ3v) is 8.86. The maximum atomic E-state index is 13.6. The first kappa shape index (κ1) is 28.9. The van der Waals surface area contributed by atoms with Gasteiger partial charge in [-0.1, -0.05) is 56.1 Å². The molecule has 11 heteroatoms. The molecule has 0 bridgehead atoms. The van der Waals surface area contributed by atoms with Crippen molar-refractivity contribution >= 4 is 91.8 Å². The number of hydrogen-bond donors (Lipinski definition) is 0. The Balaban J connectivity index is 1.38. The Labute approximate surface area is 273 Å². The average molecular weight is 817 g/mol. The number of hydrogen-bond acceptors (Lipinski definition) is 6. The molecular weight excluding hydrogens is 798 g/mol. The molecule has 2 heterocycles. The fourth-order valence-corrected chi connectivity index (χ4v) is 7.03. The normalized spacial score (nSPS) is 11.5. The van der Waals surface area contributed by atoms with Crippen molar-refractivity contribution in [1.29, 1.82) is 0 Å². The Kier molecular flexibility index (Phi) is 8.35. The first-order valence-corrected chi connectivity index (χ1v) is 15.7. The molecule has 210 valence electrons. The minimum atomic E-state index is -0.322. The van der Waals surface area contributed by atoms with Crippen molar-refractivity contribution in [3.05, 3.63) is 118 Å². The van der Waals surface area contributed by atoms with Crippen molar-refractivity contribution in [2.24, 2.45) is 5.10 Å². The third-order valence-electron chi connectivity index (χ3n) is 6.45. The van der Waals surface area contributed by atoms with Gasteiger partial charge in [-0.25, -0.2) is 4.98 Å². The summed E-state index contributed by atoms with van der Waals surface area (Å²) in [7, 11) is 1.60. The number of furan rings is 1. The highest BCUT2D eigenvalue weighted by molar-refractivity contribution is 9.11. The summed E-state index contributed by atoms with van der Waals surface area (Å²) < 4.78 is 22.3. The molecule has 0 atom stereocenters. The Hall–Kier alpha value is -3.25. The third kappa shape index (κ3) is 5.70. The molecule has 42 heavy (non-hydrogen) atoms. The lowest BCUT2D eigenvalue weighted by molar-refractivity contribution is 0.301. The van der Waals surface area contributed by atoms with Crippen LogP contribution in [0.1, 0.15) is 11.1 Å². The highest BCUT2D eigenvalue weighted by Crippen LogP contribution is 2.36. The smallest absolute Gasteiger partial charge is 0.282 e. The van der Waals surface area contributed by atoms with Crippen LogP contribution < -0.4 is 15.0 Å². The number of halogens is 4. The van der Waals surface area contributed by atoms with Gasteiger partial charge in [0.25, 0.3) is 5.56 Å². The van der Waals surface area contributed by atoms with Gasteiger partial charge in [-0.2, -0.15) is 9.78 Å². The van der Waals surface area contributed by atoms with Crippen molar-refractivity contribution in [3.63, 3.8) is 0 Å². The molecule has 0 fully saturated rings. The zero-order valence-corrected chi connectivity index (χ0v) is 28.1. The van der Waals surface area contributed by atoms with Gasteiger partial charge in [0.05, 0.1) is 38.6 Å². The van der Waals surface area contributed by atoms with E-state index in [1.807, 2.05) is 54.6 Å². The highest BCUT2D eigenvalue weighted by atomic mass is 79.9. The number of fused-ring (bicyclic) bond motifs is 2. The standard InChI is InChI=1S/C31H19Br4N3O4/c1-40-26-7-4-8-27-21(26)14-28(42-27)30-37-25-6-3-2-5-20(25)31(39)38(30)36-15-17-11-23(34)29(24(35)12-17)41-16-18-9-10-19(32)13-22(18)33/h2-15H,16H2,1H3. The zero-order valence-electron chi connectivity index (χ0n) is 21.8. The molecule has 0 saturated carbocycles. The van der Waals surface area contributed by atoms with Crippen LogP contribution in [0.25, 0.3) is 33.5 Å². The fourth-order valence-electron chi connectivity index (χ4n) is 4.42. The minimum absolute atomic E-state index is 0.270. The molecule has 0 saturated heterocycles. The van der Waals surface area contributed by atoms with Crippen LogP contribution in [0.5, 0.6) is 11.5 Å². The molecule has 4 aromatic carbocycles. The van der Waals surface area contributed by atoms with Crippen LogP contribution in [0, 0.1) is 0 Å². The summed E-state index contributed by atoms with van der Waals surface area (Å²) in [6, 6.07) is 24.1. The molecule has 0 radical (unpaired) electrons. The maximum Gasteiger partial charge on any atom is 0.282 e. The molecule has 0 amide bonds. The van der Waals surface area contributed by atoms with Crippen LogP contribution in [0.2, 0.25) is 0 Å². The quantitative estimate of drug-likeness (QED) is 0.150. The first-order chi connectivity index (χ1) is 20.3. The van der Waals surface area contributed by atoms with E-state index in [9.17, 15) is 4.79 Å². The van der Waals surface area contributed by atoms with Gasteiger partial charge in [0.2, 0.25) is 5.82 Å². The number of benzene rings is 4. The summed E-state index contributed by atoms with van der Waals surface area (Å²) in [5.41, 5.74) is 2.56. The van der Waals surface area contributed by atoms with Crippen molar-refractivity contribution in [2.45, 2.75) is 6.61 Å². The van der Waals surface area contributed by atoms with E-state index in [-0.39, 0.29) is 11.4 Å². The van der Waals surface area contributed by atoms with E-state index in [2.05, 4.69) is 68.8 Å². The molecule has 0 aliphatic heterocycles. The van der Waals surface area contributed by atoms with Crippen LogP contribution in [0.15, 0.2) is 111 Å². The number of rotatable bonds is 7. The number of aromatic nitrogens is 2. The zero-order chi connectivity index (χ0) is 29.4. The maximum absolute atomic E-state index is 13.6. The van der Waals surface area contributed by atoms with Gasteiger partial charge in [0, 0.05) is 14.5 Å². The second-order valence-electron chi connectivity index (χ2n) is 9.13. The molecule has 0 aliphatic carbocycles. The van der Waals surface area contributed by atoms with Gasteiger partial charge in [-0.3, -0.25) is 4.79 Å². The lowest BCUT2D eigenvalue weighted by atomic mass is 10.2. The number of para-hydroxylation sites is 1. The van der Waals surface area contributed by atoms with Crippen LogP contribution in [-0.4, -0.2) is 23.0 Å². The van der Waals surface area contributed by atoms with Crippen molar-refractivity contribution in [2.75, 3.05) is 7.11 Å². The monoisotopic (exact) mass is 813 g/mol. The molecule has 6 aromatic rings. The summed E-state index contributed by atoms with van der Waals surface area (Å²) >= 11 is 14.3. The van der Waals surface area contributed by atoms with Crippen LogP contribution >= 0.6 is 63.7 Å². The largest absolute Gasteiger partial charge is 0.496 e. The van der Waals surface area contributed by atoms with Gasteiger partial charge in [-0.15, -0.1) is 0 Å². The summed E-state index contributed by atoms with van der Waals surface area (Å²) in [4.78, 5) is 18.4. The summed E-state index contributed by atoms with van der Waals surface area (Å²) in [5.74, 6) is 1.96. The SMILES string of the molecule is COc1cccc2oc(-c3nc4ccccc4c(=O)n3N=Cc3cc(Br)c(OCc4ccc(Br)cc4Br)c(Br)c3)cc12. The van der Waals surface area contributed by atoms with E-state index < -0.39 is 0 Å². The molecule has 7 nitrogen and oxygen atoms in total. The lowest BCUT2D eigenvalue weighted by Gasteiger charge is -2.12. The Morgan fingerprint density at radius 2 is 1.69 bits per heavy atom. The van der Waals surface area contributed by atoms with Crippen molar-refractivity contribution in [1.82, 2.24) is 9.66 Å². The van der Waals surface area contributed by atoms with E-state index in [0.717, 1.165) is 34.4 Å². The summed E-state index contributed by atoms with van der Waals surface area (Å²) in [6.07, 6.45) is 1.59. The van der Waals surface area contributed by atoms with E-state index in [1.54, 1.807) is 37.6 Å². The molecule has 0 unspecified atom stereocenters. The summed E-state index contributed by atoms with van der Waals surface area (Å²) in [6.45, 7) is 0.363. The average Bonchev–Trinajstić information content (AvgIpc) is 3.42. The van der Waals surface area contributed by atoms with E-state index in [4.69, 9.17) is 18.9 Å². The van der Waals surface area contributed by atoms with Crippen LogP contribution in [0.4, 0.5) is 0 Å². The Morgan fingerprint density at radius 3 is 2.45 bits per heavy atom. The molecular formula is C31H19Br4N3O4. The van der Waals surface area contributed by atoms with E-state index in [1.165, 1.54) is 4.68 Å². The lowest BCUT2D eigenvalue weighted by Crippen LogP contribution is -2.20. The molecule has 0 aliphatic rings. The predicted molar refractivity (Wildman–Crippen MR) is 179 cm³/mol. The number of methoxy groups -OCH3 is 1. The highest BCUT2D eigenvalue weighted by Gasteiger charge is 2.18. The second kappa shape index (κ2) is 12.2. The van der Waals surface area contributed by atoms with Crippen molar-refractivity contribution < 1.29 is 13.9 Å². The minimum Gasteiger partial charge on any atom is -0.496 e. The Bertz CT molecular complexity index is 2050. The summed E-state index contributed by atoms with van der Waals surface area (Å²) in [5, 5.41) is 5.78. The van der Waals surface area contributed by atoms with Crippen molar-refractivity contribution in [3.8, 4) is 23.1 Å². The second-order valence-corrected chi connectivity index (χ2v) is 12.6. The first-order valence-electron chi connectivity index (χ1n) is 12.5. The number of ether oxygens (including phenoxy) is 2. The molecule has 6 rings (SSSR count). The van der Waals surface area contributed by atoms with Gasteiger partial charge in [-0.05, 0) is 92.0 Å². The topological polar surface area (TPSA) is 78.9 Å². The van der Waals surface area contributed by atoms with Gasteiger partial charge >= 0.3 is 0 Å². The molecule has 0 N–H and O–H groups in total. The van der Waals surface area contributed by atoms with E-state index in [0.29, 0.717) is 40.4 Å². The molecule has 0 spiro atoms.